The van der Waals surface area contributed by atoms with E-state index < -0.39 is 0 Å². The van der Waals surface area contributed by atoms with Crippen LogP contribution in [-0.4, -0.2) is 15.5 Å². The minimum atomic E-state index is -0.0697. The molecule has 3 aromatic rings. The van der Waals surface area contributed by atoms with Crippen molar-refractivity contribution in [3.63, 3.8) is 0 Å². The largest absolute Gasteiger partial charge is 0.338 e. The molecular weight excluding hydrogens is 338 g/mol. The van der Waals surface area contributed by atoms with Gasteiger partial charge in [0, 0.05) is 27.0 Å². The van der Waals surface area contributed by atoms with Crippen molar-refractivity contribution in [2.75, 3.05) is 5.32 Å². The van der Waals surface area contributed by atoms with Crippen LogP contribution in [0.3, 0.4) is 0 Å². The first-order chi connectivity index (χ1) is 9.61. The molecule has 6 heteroatoms. The summed E-state index contributed by atoms with van der Waals surface area (Å²) in [5.41, 5.74) is 1.96. The lowest BCUT2D eigenvalue weighted by atomic mass is 10.2. The monoisotopic (exact) mass is 349 g/mol. The van der Waals surface area contributed by atoms with Gasteiger partial charge in [0.1, 0.15) is 6.54 Å². The van der Waals surface area contributed by atoms with E-state index in [0.717, 1.165) is 21.1 Å². The average Bonchev–Trinajstić information content (AvgIpc) is 2.96. The zero-order valence-electron chi connectivity index (χ0n) is 10.8. The first-order valence-electron chi connectivity index (χ1n) is 6.08. The molecule has 0 aliphatic heterocycles. The summed E-state index contributed by atoms with van der Waals surface area (Å²) in [6, 6.07) is 8.01. The van der Waals surface area contributed by atoms with Crippen molar-refractivity contribution in [2.45, 2.75) is 13.5 Å². The Labute approximate surface area is 128 Å². The second-order valence-corrected chi connectivity index (χ2v) is 6.26. The predicted molar refractivity (Wildman–Crippen MR) is 85.1 cm³/mol. The summed E-state index contributed by atoms with van der Waals surface area (Å²) >= 11 is 4.88. The molecule has 20 heavy (non-hydrogen) atoms. The van der Waals surface area contributed by atoms with E-state index in [1.54, 1.807) is 0 Å². The Hall–Kier alpha value is -1.66. The van der Waals surface area contributed by atoms with Gasteiger partial charge in [-0.2, -0.15) is 0 Å². The maximum Gasteiger partial charge on any atom is 0.246 e. The van der Waals surface area contributed by atoms with Crippen molar-refractivity contribution in [2.24, 2.45) is 0 Å². The van der Waals surface area contributed by atoms with E-state index >= 15 is 0 Å². The van der Waals surface area contributed by atoms with Gasteiger partial charge in [-0.15, -0.1) is 11.3 Å². The minimum Gasteiger partial charge on any atom is -0.338 e. The SMILES string of the molecule is Cc1csc(NC(=O)Cn2ccc3cc(Br)ccc32)n1. The van der Waals surface area contributed by atoms with Gasteiger partial charge >= 0.3 is 0 Å². The number of carbonyl (C=O) groups excluding carboxylic acids is 1. The highest BCUT2D eigenvalue weighted by Crippen LogP contribution is 2.21. The number of hydrogen-bond acceptors (Lipinski definition) is 3. The zero-order valence-corrected chi connectivity index (χ0v) is 13.2. The standard InChI is InChI=1S/C14H12BrN3OS/c1-9-8-20-14(16-9)17-13(19)7-18-5-4-10-6-11(15)2-3-12(10)18/h2-6,8H,7H2,1H3,(H,16,17,19). The number of fused-ring (bicyclic) bond motifs is 1. The molecule has 0 fully saturated rings. The molecule has 3 rings (SSSR count). The van der Waals surface area contributed by atoms with Crippen LogP contribution in [-0.2, 0) is 11.3 Å². The summed E-state index contributed by atoms with van der Waals surface area (Å²) in [5.74, 6) is -0.0697. The van der Waals surface area contributed by atoms with Crippen LogP contribution in [0.5, 0.6) is 0 Å². The van der Waals surface area contributed by atoms with Gasteiger partial charge in [-0.25, -0.2) is 4.98 Å². The quantitative estimate of drug-likeness (QED) is 0.781. The third-order valence-corrected chi connectivity index (χ3v) is 4.28. The Kier molecular flexibility index (Phi) is 3.58. The number of anilines is 1. The van der Waals surface area contributed by atoms with Gasteiger partial charge in [-0.05, 0) is 31.2 Å². The van der Waals surface area contributed by atoms with Crippen LogP contribution in [0.1, 0.15) is 5.69 Å². The number of aromatic nitrogens is 2. The highest BCUT2D eigenvalue weighted by molar-refractivity contribution is 9.10. The topological polar surface area (TPSA) is 46.9 Å². The van der Waals surface area contributed by atoms with E-state index in [1.165, 1.54) is 11.3 Å². The average molecular weight is 350 g/mol. The molecule has 2 aromatic heterocycles. The molecule has 0 radical (unpaired) electrons. The van der Waals surface area contributed by atoms with Crippen molar-refractivity contribution < 1.29 is 4.79 Å². The van der Waals surface area contributed by atoms with Crippen LogP contribution in [0, 0.1) is 6.92 Å². The van der Waals surface area contributed by atoms with Crippen LogP contribution in [0.15, 0.2) is 40.3 Å². The lowest BCUT2D eigenvalue weighted by Gasteiger charge is -2.05. The van der Waals surface area contributed by atoms with Crippen molar-refractivity contribution >= 4 is 49.2 Å². The van der Waals surface area contributed by atoms with Crippen molar-refractivity contribution in [1.29, 1.82) is 0 Å². The molecule has 0 bridgehead atoms. The minimum absolute atomic E-state index is 0.0697. The third-order valence-electron chi connectivity index (χ3n) is 2.91. The molecule has 0 saturated carbocycles. The van der Waals surface area contributed by atoms with E-state index in [4.69, 9.17) is 0 Å². The number of halogens is 1. The molecule has 2 heterocycles. The first-order valence-corrected chi connectivity index (χ1v) is 7.75. The van der Waals surface area contributed by atoms with Crippen molar-refractivity contribution in [3.8, 4) is 0 Å². The number of thiazole rings is 1. The Balaban J connectivity index is 1.77. The predicted octanol–water partition coefficient (Wildman–Crippen LogP) is 3.81. The Morgan fingerprint density at radius 3 is 3.05 bits per heavy atom. The molecule has 0 unspecified atom stereocenters. The number of amides is 1. The second kappa shape index (κ2) is 5.38. The summed E-state index contributed by atoms with van der Waals surface area (Å²) in [7, 11) is 0. The summed E-state index contributed by atoms with van der Waals surface area (Å²) < 4.78 is 2.96. The van der Waals surface area contributed by atoms with E-state index in [-0.39, 0.29) is 12.5 Å². The first kappa shape index (κ1) is 13.3. The number of nitrogens with one attached hydrogen (secondary N) is 1. The summed E-state index contributed by atoms with van der Waals surface area (Å²) in [4.78, 5) is 16.3. The van der Waals surface area contributed by atoms with Gasteiger partial charge in [0.25, 0.3) is 0 Å². The maximum atomic E-state index is 12.0. The summed E-state index contributed by atoms with van der Waals surface area (Å²) in [6.45, 7) is 2.19. The molecule has 0 aliphatic carbocycles. The molecule has 102 valence electrons. The summed E-state index contributed by atoms with van der Waals surface area (Å²) in [5, 5.41) is 6.48. The van der Waals surface area contributed by atoms with E-state index in [0.29, 0.717) is 5.13 Å². The van der Waals surface area contributed by atoms with Crippen LogP contribution in [0.2, 0.25) is 0 Å². The van der Waals surface area contributed by atoms with Crippen LogP contribution in [0.4, 0.5) is 5.13 Å². The number of carbonyl (C=O) groups is 1. The molecule has 0 atom stereocenters. The van der Waals surface area contributed by atoms with Gasteiger partial charge in [-0.1, -0.05) is 15.9 Å². The van der Waals surface area contributed by atoms with Gasteiger partial charge in [-0.3, -0.25) is 4.79 Å². The highest BCUT2D eigenvalue weighted by Gasteiger charge is 2.08. The number of hydrogen-bond donors (Lipinski definition) is 1. The highest BCUT2D eigenvalue weighted by atomic mass is 79.9. The Morgan fingerprint density at radius 2 is 2.30 bits per heavy atom. The van der Waals surface area contributed by atoms with Crippen molar-refractivity contribution in [1.82, 2.24) is 9.55 Å². The maximum absolute atomic E-state index is 12.0. The number of aryl methyl sites for hydroxylation is 1. The molecule has 4 nitrogen and oxygen atoms in total. The lowest BCUT2D eigenvalue weighted by Crippen LogP contribution is -2.18. The molecule has 0 aliphatic rings. The number of benzene rings is 1. The molecular formula is C14H12BrN3OS. The Bertz CT molecular complexity index is 778. The van der Waals surface area contributed by atoms with Crippen molar-refractivity contribution in [3.05, 3.63) is 46.0 Å². The fourth-order valence-electron chi connectivity index (χ4n) is 2.03. The van der Waals surface area contributed by atoms with E-state index in [9.17, 15) is 4.79 Å². The molecule has 0 spiro atoms. The lowest BCUT2D eigenvalue weighted by molar-refractivity contribution is -0.116. The third kappa shape index (κ3) is 2.76. The molecule has 1 N–H and O–H groups in total. The molecule has 0 saturated heterocycles. The number of nitrogens with zero attached hydrogens (tertiary/aromatic N) is 2. The normalized spacial score (nSPS) is 10.9. The Morgan fingerprint density at radius 1 is 1.45 bits per heavy atom. The van der Waals surface area contributed by atoms with Crippen LogP contribution >= 0.6 is 27.3 Å². The van der Waals surface area contributed by atoms with Crippen LogP contribution < -0.4 is 5.32 Å². The fraction of sp³-hybridized carbons (Fsp3) is 0.143. The fourth-order valence-corrected chi connectivity index (χ4v) is 3.12. The number of rotatable bonds is 3. The van der Waals surface area contributed by atoms with Gasteiger partial charge in [0.05, 0.1) is 5.69 Å². The second-order valence-electron chi connectivity index (χ2n) is 4.49. The van der Waals surface area contributed by atoms with Gasteiger partial charge in [0.2, 0.25) is 5.91 Å². The summed E-state index contributed by atoms with van der Waals surface area (Å²) in [6.07, 6.45) is 1.92. The molecule has 1 aromatic carbocycles. The smallest absolute Gasteiger partial charge is 0.246 e. The van der Waals surface area contributed by atoms with E-state index in [1.807, 2.05) is 47.3 Å². The molecule has 1 amide bonds. The van der Waals surface area contributed by atoms with Crippen LogP contribution in [0.25, 0.3) is 10.9 Å². The van der Waals surface area contributed by atoms with Gasteiger partial charge in [0.15, 0.2) is 5.13 Å². The van der Waals surface area contributed by atoms with Gasteiger partial charge < -0.3 is 9.88 Å². The zero-order chi connectivity index (χ0) is 14.1. The van der Waals surface area contributed by atoms with E-state index in [2.05, 4.69) is 26.2 Å².